The van der Waals surface area contributed by atoms with E-state index in [0.29, 0.717) is 28.2 Å². The van der Waals surface area contributed by atoms with E-state index < -0.39 is 86.0 Å². The molecule has 2 aliphatic heterocycles. The van der Waals surface area contributed by atoms with Crippen LogP contribution in [0.2, 0.25) is 18.1 Å². The molecule has 0 fully saturated rings. The van der Waals surface area contributed by atoms with Gasteiger partial charge in [0.15, 0.2) is 5.60 Å². The van der Waals surface area contributed by atoms with Crippen molar-refractivity contribution in [3.8, 4) is 17.1 Å². The molecule has 6 rings (SSSR count). The maximum Gasteiger partial charge on any atom is 0.415 e. The average molecular weight is 1100 g/mol. The van der Waals surface area contributed by atoms with Gasteiger partial charge in [-0.3, -0.25) is 24.0 Å². The number of carboxylic acids is 1. The van der Waals surface area contributed by atoms with Crippen LogP contribution in [0.5, 0.6) is 5.75 Å². The number of amides is 7. The van der Waals surface area contributed by atoms with Crippen LogP contribution in [0.1, 0.15) is 95.9 Å². The molecule has 0 aliphatic carbocycles. The lowest BCUT2D eigenvalue weighted by molar-refractivity contribution is -0.172. The lowest BCUT2D eigenvalue weighted by Gasteiger charge is -2.39. The first kappa shape index (κ1) is 59.4. The number of ether oxygens (including phenoxy) is 3. The number of rotatable bonds is 21. The molecule has 23 nitrogen and oxygen atoms in total. The Labute approximate surface area is 452 Å². The number of aliphatic carboxylic acids is 1. The van der Waals surface area contributed by atoms with E-state index >= 15 is 0 Å². The normalized spacial score (nSPS) is 15.4. The first-order valence-corrected chi connectivity index (χ1v) is 28.8. The van der Waals surface area contributed by atoms with Crippen LogP contribution in [-0.4, -0.2) is 131 Å². The summed E-state index contributed by atoms with van der Waals surface area (Å²) in [6, 6.07) is 10.4. The van der Waals surface area contributed by atoms with Crippen molar-refractivity contribution in [3.63, 3.8) is 0 Å². The fourth-order valence-corrected chi connectivity index (χ4v) is 11.7. The van der Waals surface area contributed by atoms with E-state index in [0.717, 1.165) is 16.1 Å². The van der Waals surface area contributed by atoms with Gasteiger partial charge in [0, 0.05) is 56.8 Å². The zero-order valence-corrected chi connectivity index (χ0v) is 46.8. The summed E-state index contributed by atoms with van der Waals surface area (Å²) in [5.41, 5.74) is 6.80. The highest BCUT2D eigenvalue weighted by atomic mass is 28.3. The molecule has 0 spiro atoms. The Hall–Kier alpha value is -7.86. The van der Waals surface area contributed by atoms with Gasteiger partial charge in [0.05, 0.1) is 43.5 Å². The van der Waals surface area contributed by atoms with Crippen molar-refractivity contribution < 1.29 is 62.8 Å². The highest BCUT2D eigenvalue weighted by molar-refractivity contribution is 6.94. The predicted octanol–water partition coefficient (Wildman–Crippen LogP) is 4.37. The second-order valence-electron chi connectivity index (χ2n) is 21.6. The third kappa shape index (κ3) is 13.3. The number of aromatic nitrogens is 2. The summed E-state index contributed by atoms with van der Waals surface area (Å²) < 4.78 is 18.3. The first-order chi connectivity index (χ1) is 36.6. The zero-order chi connectivity index (χ0) is 57.6. The van der Waals surface area contributed by atoms with Crippen molar-refractivity contribution in [3.05, 3.63) is 81.1 Å². The third-order valence-electron chi connectivity index (χ3n) is 14.8. The second kappa shape index (κ2) is 24.2. The molecule has 0 bridgehead atoms. The van der Waals surface area contributed by atoms with E-state index in [-0.39, 0.29) is 92.6 Å². The molecular weight excluding hydrogens is 1030 g/mol. The largest absolute Gasteiger partial charge is 0.481 e. The number of pyridine rings is 2. The molecule has 4 aromatic rings. The van der Waals surface area contributed by atoms with Gasteiger partial charge in [-0.15, -0.1) is 0 Å². The fraction of sp³-hybridized carbons (Fsp3) is 0.481. The van der Waals surface area contributed by atoms with E-state index in [9.17, 15) is 48.3 Å². The van der Waals surface area contributed by atoms with Crippen LogP contribution in [0.3, 0.4) is 0 Å². The van der Waals surface area contributed by atoms with Crippen LogP contribution in [0.25, 0.3) is 22.3 Å². The van der Waals surface area contributed by atoms with Gasteiger partial charge in [0.25, 0.3) is 5.56 Å². The SMILES string of the molecule is CC[C@@]1(O)C(=O)OCc2c1cc1n(c2=O)Cc2c-1nc1ccc(OC(=O)N(C)CCN(C)C(=O)OCc3ccc(NC(=O)[C@H](CCCNC(N)=O)NC(=O)[C@@H](NC(=O)CCC(=O)O)C(C)C)cc3)cc1c2[Si](C)(C)C(C)(C)C. The van der Waals surface area contributed by atoms with Crippen LogP contribution < -0.4 is 42.5 Å². The Kier molecular flexibility index (Phi) is 18.4. The van der Waals surface area contributed by atoms with Crippen molar-refractivity contribution >= 4 is 77.7 Å². The van der Waals surface area contributed by atoms with Gasteiger partial charge < -0.3 is 65.8 Å². The number of urea groups is 1. The number of carbonyl (C=O) groups is 8. The first-order valence-electron chi connectivity index (χ1n) is 25.8. The second-order valence-corrected chi connectivity index (χ2v) is 26.9. The molecule has 4 heterocycles. The number of aliphatic hydroxyl groups is 1. The highest BCUT2D eigenvalue weighted by Gasteiger charge is 2.47. The molecule has 7 amide bonds. The number of anilines is 1. The van der Waals surface area contributed by atoms with Crippen LogP contribution >= 0.6 is 0 Å². The summed E-state index contributed by atoms with van der Waals surface area (Å²) in [6.45, 7) is 16.2. The molecule has 420 valence electrons. The van der Waals surface area contributed by atoms with E-state index in [2.05, 4.69) is 55.1 Å². The third-order valence-corrected chi connectivity index (χ3v) is 20.3. The van der Waals surface area contributed by atoms with Crippen LogP contribution in [0, 0.1) is 5.92 Å². The van der Waals surface area contributed by atoms with Crippen molar-refractivity contribution in [1.82, 2.24) is 35.3 Å². The minimum Gasteiger partial charge on any atom is -0.481 e. The Morgan fingerprint density at radius 1 is 0.923 bits per heavy atom. The molecule has 2 aromatic carbocycles. The number of primary amides is 1. The van der Waals surface area contributed by atoms with Gasteiger partial charge in [0.2, 0.25) is 17.7 Å². The van der Waals surface area contributed by atoms with Crippen LogP contribution in [0.15, 0.2) is 53.3 Å². The quantitative estimate of drug-likeness (QED) is 0.0305. The molecule has 78 heavy (non-hydrogen) atoms. The minimum atomic E-state index is -2.47. The number of benzene rings is 2. The maximum atomic E-state index is 14.1. The molecule has 0 unspecified atom stereocenters. The lowest BCUT2D eigenvalue weighted by Crippen LogP contribution is -2.54. The lowest BCUT2D eigenvalue weighted by atomic mass is 9.86. The van der Waals surface area contributed by atoms with Crippen LogP contribution in [-0.2, 0) is 58.8 Å². The van der Waals surface area contributed by atoms with Crippen molar-refractivity contribution in [1.29, 1.82) is 0 Å². The van der Waals surface area contributed by atoms with E-state index in [1.807, 2.05) is 0 Å². The van der Waals surface area contributed by atoms with Gasteiger partial charge in [-0.05, 0) is 82.9 Å². The number of carbonyl (C=O) groups excluding carboxylic acids is 7. The van der Waals surface area contributed by atoms with Gasteiger partial charge in [0.1, 0.15) is 31.0 Å². The minimum absolute atomic E-state index is 0.0197. The summed E-state index contributed by atoms with van der Waals surface area (Å²) in [6.07, 6.45) is -1.75. The van der Waals surface area contributed by atoms with Gasteiger partial charge in [-0.1, -0.05) is 66.8 Å². The number of hydrogen-bond donors (Lipinski definition) is 7. The molecule has 0 radical (unpaired) electrons. The Balaban J connectivity index is 1.06. The van der Waals surface area contributed by atoms with Gasteiger partial charge in [-0.25, -0.2) is 24.2 Å². The number of nitrogens with one attached hydrogen (secondary N) is 4. The van der Waals surface area contributed by atoms with E-state index in [4.69, 9.17) is 30.0 Å². The standard InChI is InChI=1S/C54H71N9O14Si/c1-11-54(74)37-26-40-44-35(27-63(40)48(69)36(37)29-75-49(54)70)45(78(9,10)53(4,5)6)34-25-33(18-19-38(34)58-44)77-52(73)62(8)24-23-61(7)51(72)76-28-31-14-16-32(17-15-31)57-46(67)39(13-12-22-56-50(55)71)59-47(68)43(30(2)3)60-41(64)20-21-42(65)66/h14-19,25-26,30,39,43,74H,11-13,20-24,27-29H2,1-10H3,(H,57,67)(H,59,68)(H,60,64)(H,65,66)(H3,55,56,71)/t39-,43-,54-/m0/s1. The van der Waals surface area contributed by atoms with Crippen molar-refractivity contribution in [2.45, 2.75) is 129 Å². The van der Waals surface area contributed by atoms with Gasteiger partial charge in [-0.2, -0.15) is 0 Å². The summed E-state index contributed by atoms with van der Waals surface area (Å²) in [5, 5.41) is 32.4. The number of nitrogens with zero attached hydrogens (tertiary/aromatic N) is 4. The number of likely N-dealkylation sites (N-methyl/N-ethyl adjacent to an activating group) is 2. The monoisotopic (exact) mass is 1100 g/mol. The van der Waals surface area contributed by atoms with Gasteiger partial charge >= 0.3 is 30.2 Å². The number of fused-ring (bicyclic) bond motifs is 5. The number of nitrogens with two attached hydrogens (primary N) is 1. The predicted molar refractivity (Wildman–Crippen MR) is 290 cm³/mol. The smallest absolute Gasteiger partial charge is 0.415 e. The number of esters is 1. The number of cyclic esters (lactones) is 1. The Morgan fingerprint density at radius 2 is 1.59 bits per heavy atom. The molecule has 2 aromatic heterocycles. The summed E-state index contributed by atoms with van der Waals surface area (Å²) in [7, 11) is 0.594. The topological polar surface area (TPSA) is 320 Å². The van der Waals surface area contributed by atoms with Crippen molar-refractivity contribution in [2.75, 3.05) is 39.0 Å². The molecule has 3 atom stereocenters. The average Bonchev–Trinajstić information content (AvgIpc) is 3.84. The molecule has 24 heteroatoms. The molecule has 0 saturated heterocycles. The summed E-state index contributed by atoms with van der Waals surface area (Å²) >= 11 is 0. The van der Waals surface area contributed by atoms with E-state index in [1.165, 1.54) is 23.9 Å². The number of hydrogen-bond acceptors (Lipinski definition) is 14. The Bertz CT molecular complexity index is 3060. The Morgan fingerprint density at radius 3 is 2.21 bits per heavy atom. The highest BCUT2D eigenvalue weighted by Crippen LogP contribution is 2.43. The molecule has 2 aliphatic rings. The molecule has 8 N–H and O–H groups in total. The molecular formula is C54H71N9O14Si. The van der Waals surface area contributed by atoms with E-state index in [1.54, 1.807) is 73.9 Å². The van der Waals surface area contributed by atoms with Crippen LogP contribution in [0.4, 0.5) is 20.1 Å². The summed E-state index contributed by atoms with van der Waals surface area (Å²) in [4.78, 5) is 123. The number of carboxylic acid groups (broad SMARTS) is 1. The maximum absolute atomic E-state index is 14.1. The fourth-order valence-electron chi connectivity index (χ4n) is 9.09. The zero-order valence-electron chi connectivity index (χ0n) is 45.8. The molecule has 0 saturated carbocycles. The van der Waals surface area contributed by atoms with Crippen molar-refractivity contribution in [2.24, 2.45) is 11.7 Å². The summed E-state index contributed by atoms with van der Waals surface area (Å²) in [5.74, 6) is -4.02.